The molecule has 3 aromatic carbocycles. The number of aryl methyl sites for hydroxylation is 1. The molecule has 0 radical (unpaired) electrons. The van der Waals surface area contributed by atoms with Crippen molar-refractivity contribution < 1.29 is 33.0 Å². The quantitative estimate of drug-likeness (QED) is 0.201. The van der Waals surface area contributed by atoms with E-state index >= 15 is 0 Å². The fraction of sp³-hybridized carbons (Fsp3) is 0.462. The molecule has 268 valence electrons. The zero-order valence-corrected chi connectivity index (χ0v) is 29.2. The molecule has 2 aliphatic rings. The van der Waals surface area contributed by atoms with Crippen LogP contribution in [0.25, 0.3) is 0 Å². The Hall–Kier alpha value is -4.35. The Labute approximate surface area is 292 Å². The summed E-state index contributed by atoms with van der Waals surface area (Å²) in [6.45, 7) is 5.93. The number of aliphatic hydroxyl groups is 1. The third-order valence-electron chi connectivity index (χ3n) is 10.4. The van der Waals surface area contributed by atoms with Gasteiger partial charge in [0.25, 0.3) is 0 Å². The molecular formula is C39H48F2N4O5. The Kier molecular flexibility index (Phi) is 11.9. The number of ether oxygens (including phenoxy) is 1. The molecule has 6 atom stereocenters. The van der Waals surface area contributed by atoms with E-state index in [0.29, 0.717) is 32.2 Å². The number of rotatable bonds is 14. The third kappa shape index (κ3) is 8.16. The number of fused-ring (bicyclic) bond motifs is 1. The van der Waals surface area contributed by atoms with E-state index in [0.717, 1.165) is 28.5 Å². The van der Waals surface area contributed by atoms with Crippen molar-refractivity contribution >= 4 is 17.7 Å². The molecule has 3 aromatic rings. The number of amides is 3. The summed E-state index contributed by atoms with van der Waals surface area (Å²) in [4.78, 5) is 42.7. The van der Waals surface area contributed by atoms with Crippen LogP contribution in [-0.4, -0.2) is 71.2 Å². The number of hydrogen-bond donors (Lipinski definition) is 4. The van der Waals surface area contributed by atoms with Gasteiger partial charge in [-0.3, -0.25) is 14.4 Å². The van der Waals surface area contributed by atoms with Gasteiger partial charge in [0.2, 0.25) is 17.7 Å². The predicted molar refractivity (Wildman–Crippen MR) is 186 cm³/mol. The minimum atomic E-state index is -1.17. The lowest BCUT2D eigenvalue weighted by atomic mass is 9.81. The van der Waals surface area contributed by atoms with Crippen molar-refractivity contribution in [1.29, 1.82) is 0 Å². The van der Waals surface area contributed by atoms with Crippen LogP contribution in [0.1, 0.15) is 62.3 Å². The van der Waals surface area contributed by atoms with Crippen LogP contribution in [0.5, 0.6) is 5.75 Å². The van der Waals surface area contributed by atoms with Crippen LogP contribution >= 0.6 is 0 Å². The highest BCUT2D eigenvalue weighted by atomic mass is 19.1. The number of nitrogens with zero attached hydrogens (tertiary/aromatic N) is 1. The second-order valence-electron chi connectivity index (χ2n) is 13.6. The number of aliphatic hydroxyl groups excluding tert-OH is 1. The van der Waals surface area contributed by atoms with E-state index < -0.39 is 47.3 Å². The van der Waals surface area contributed by atoms with E-state index in [-0.39, 0.29) is 42.7 Å². The Morgan fingerprint density at radius 2 is 1.80 bits per heavy atom. The first kappa shape index (κ1) is 36.9. The highest BCUT2D eigenvalue weighted by Crippen LogP contribution is 2.35. The van der Waals surface area contributed by atoms with Gasteiger partial charge in [-0.1, -0.05) is 62.7 Å². The number of carbonyl (C=O) groups is 3. The van der Waals surface area contributed by atoms with Gasteiger partial charge in [0, 0.05) is 37.7 Å². The van der Waals surface area contributed by atoms with Crippen LogP contribution in [0, 0.1) is 17.6 Å². The summed E-state index contributed by atoms with van der Waals surface area (Å²) >= 11 is 0. The number of carbonyl (C=O) groups excluding carboxylic acids is 3. The SMILES string of the molecule is CCC(C)[C@@]1(NC(C)=O)CCN([C@@H](CCc2ccccc2)C(=O)N[C@@H](Cc2cc(F)cc(F)c2)[C@@H](O)C2Cc3cccc(OC)c3CN2)C1=O. The maximum absolute atomic E-state index is 14.5. The minimum Gasteiger partial charge on any atom is -0.496 e. The summed E-state index contributed by atoms with van der Waals surface area (Å²) in [7, 11) is 1.60. The number of halogens is 2. The van der Waals surface area contributed by atoms with Gasteiger partial charge in [-0.2, -0.15) is 0 Å². The number of hydrogen-bond acceptors (Lipinski definition) is 6. The molecule has 2 heterocycles. The second-order valence-corrected chi connectivity index (χ2v) is 13.6. The fourth-order valence-corrected chi connectivity index (χ4v) is 7.57. The van der Waals surface area contributed by atoms with Crippen LogP contribution < -0.4 is 20.7 Å². The molecule has 0 spiro atoms. The van der Waals surface area contributed by atoms with Gasteiger partial charge in [0.05, 0.1) is 19.3 Å². The maximum atomic E-state index is 14.5. The Bertz CT molecular complexity index is 1650. The summed E-state index contributed by atoms with van der Waals surface area (Å²) in [6, 6.07) is 16.1. The van der Waals surface area contributed by atoms with E-state index in [9.17, 15) is 28.3 Å². The van der Waals surface area contributed by atoms with Gasteiger partial charge < -0.3 is 30.7 Å². The van der Waals surface area contributed by atoms with E-state index in [1.54, 1.807) is 12.0 Å². The molecule has 0 aliphatic carbocycles. The van der Waals surface area contributed by atoms with Crippen LogP contribution in [0.3, 0.4) is 0 Å². The minimum absolute atomic E-state index is 0.0627. The molecule has 0 aromatic heterocycles. The van der Waals surface area contributed by atoms with Gasteiger partial charge in [-0.25, -0.2) is 8.78 Å². The van der Waals surface area contributed by atoms with E-state index in [4.69, 9.17) is 4.74 Å². The zero-order chi connectivity index (χ0) is 36.0. The molecule has 2 aliphatic heterocycles. The summed E-state index contributed by atoms with van der Waals surface area (Å²) in [5.74, 6) is -2.12. The largest absolute Gasteiger partial charge is 0.496 e. The molecule has 9 nitrogen and oxygen atoms in total. The van der Waals surface area contributed by atoms with Crippen LogP contribution in [0.4, 0.5) is 8.78 Å². The lowest BCUT2D eigenvalue weighted by molar-refractivity contribution is -0.144. The van der Waals surface area contributed by atoms with Crippen molar-refractivity contribution in [3.05, 3.63) is 101 Å². The molecule has 50 heavy (non-hydrogen) atoms. The summed E-state index contributed by atoms with van der Waals surface area (Å²) in [5.41, 5.74) is 2.06. The van der Waals surface area contributed by atoms with Gasteiger partial charge >= 0.3 is 0 Å². The first-order valence-corrected chi connectivity index (χ1v) is 17.4. The zero-order valence-electron chi connectivity index (χ0n) is 29.2. The van der Waals surface area contributed by atoms with Crippen LogP contribution in [0.2, 0.25) is 0 Å². The van der Waals surface area contributed by atoms with E-state index in [2.05, 4.69) is 16.0 Å². The molecule has 5 rings (SSSR count). The lowest BCUT2D eigenvalue weighted by Gasteiger charge is -2.37. The van der Waals surface area contributed by atoms with E-state index in [1.807, 2.05) is 62.4 Å². The maximum Gasteiger partial charge on any atom is 0.249 e. The lowest BCUT2D eigenvalue weighted by Crippen LogP contribution is -2.61. The van der Waals surface area contributed by atoms with E-state index in [1.165, 1.54) is 19.1 Å². The topological polar surface area (TPSA) is 120 Å². The van der Waals surface area contributed by atoms with Crippen molar-refractivity contribution in [2.75, 3.05) is 13.7 Å². The molecule has 4 N–H and O–H groups in total. The summed E-state index contributed by atoms with van der Waals surface area (Å²) in [6.07, 6.45) is 0.948. The first-order chi connectivity index (χ1) is 23.9. The number of benzene rings is 3. The summed E-state index contributed by atoms with van der Waals surface area (Å²) in [5, 5.41) is 21.2. The van der Waals surface area contributed by atoms with Gasteiger partial charge in [-0.15, -0.1) is 0 Å². The smallest absolute Gasteiger partial charge is 0.249 e. The average molecular weight is 691 g/mol. The molecule has 11 heteroatoms. The fourth-order valence-electron chi connectivity index (χ4n) is 7.57. The molecule has 0 bridgehead atoms. The molecule has 1 saturated heterocycles. The highest BCUT2D eigenvalue weighted by molar-refractivity contribution is 5.96. The number of methoxy groups -OCH3 is 1. The monoisotopic (exact) mass is 690 g/mol. The van der Waals surface area contributed by atoms with Crippen molar-refractivity contribution in [3.8, 4) is 5.75 Å². The van der Waals surface area contributed by atoms with Crippen molar-refractivity contribution in [3.63, 3.8) is 0 Å². The first-order valence-electron chi connectivity index (χ1n) is 17.4. The Morgan fingerprint density at radius 1 is 1.08 bits per heavy atom. The number of likely N-dealkylation sites (tertiary alicyclic amines) is 1. The highest BCUT2D eigenvalue weighted by Gasteiger charge is 2.53. The molecule has 0 saturated carbocycles. The van der Waals surface area contributed by atoms with Crippen molar-refractivity contribution in [2.45, 2.75) is 95.6 Å². The molecule has 3 amide bonds. The molecule has 2 unspecified atom stereocenters. The molecule has 1 fully saturated rings. The predicted octanol–water partition coefficient (Wildman–Crippen LogP) is 4.23. The number of nitrogens with one attached hydrogen (secondary N) is 3. The molecular weight excluding hydrogens is 642 g/mol. The van der Waals surface area contributed by atoms with Crippen molar-refractivity contribution in [2.24, 2.45) is 5.92 Å². The van der Waals surface area contributed by atoms with Crippen LogP contribution in [-0.2, 0) is 40.2 Å². The van der Waals surface area contributed by atoms with Gasteiger partial charge in [0.1, 0.15) is 29.0 Å². The van der Waals surface area contributed by atoms with Gasteiger partial charge in [0.15, 0.2) is 0 Å². The third-order valence-corrected chi connectivity index (χ3v) is 10.4. The van der Waals surface area contributed by atoms with Crippen LogP contribution in [0.15, 0.2) is 66.7 Å². The normalized spacial score (nSPS) is 21.1. The standard InChI is InChI=1S/C39H48F2N4O5/c1-5-24(2)39(44-25(3)46)16-17-45(38(39)49)34(15-14-26-10-7-6-8-11-26)37(48)43-33(20-27-18-29(40)22-30(41)19-27)36(47)32-21-28-12-9-13-35(50-4)31(28)23-42-32/h6-13,18-19,22,24,32-34,36,42,47H,5,14-17,20-21,23H2,1-4H3,(H,43,48)(H,44,46)/t24?,32?,33-,34-,36-,39-/m0/s1. The summed E-state index contributed by atoms with van der Waals surface area (Å²) < 4.78 is 34.2. The Morgan fingerprint density at radius 3 is 2.46 bits per heavy atom. The van der Waals surface area contributed by atoms with Crippen molar-refractivity contribution in [1.82, 2.24) is 20.9 Å². The average Bonchev–Trinajstić information content (AvgIpc) is 3.41. The second kappa shape index (κ2) is 16.1. The van der Waals surface area contributed by atoms with Gasteiger partial charge in [-0.05, 0) is 72.9 Å². The Balaban J connectivity index is 1.46.